The van der Waals surface area contributed by atoms with Crippen molar-refractivity contribution in [3.05, 3.63) is 46.2 Å². The van der Waals surface area contributed by atoms with E-state index in [1.54, 1.807) is 12.1 Å². The number of rotatable bonds is 4. The first-order valence-electron chi connectivity index (χ1n) is 6.46. The second kappa shape index (κ2) is 6.59. The predicted octanol–water partition coefficient (Wildman–Crippen LogP) is 2.78. The van der Waals surface area contributed by atoms with Crippen LogP contribution in [0.2, 0.25) is 0 Å². The zero-order chi connectivity index (χ0) is 18.9. The van der Waals surface area contributed by atoms with Crippen LogP contribution in [-0.4, -0.2) is 33.3 Å². The molecule has 0 spiro atoms. The molecule has 0 atom stereocenters. The third kappa shape index (κ3) is 3.74. The number of aliphatic hydroxyl groups is 1. The lowest BCUT2D eigenvalue weighted by Crippen LogP contribution is -2.53. The van der Waals surface area contributed by atoms with Gasteiger partial charge in [-0.15, -0.1) is 11.3 Å². The van der Waals surface area contributed by atoms with Crippen molar-refractivity contribution < 1.29 is 36.2 Å². The van der Waals surface area contributed by atoms with Crippen LogP contribution in [0.3, 0.4) is 0 Å². The van der Waals surface area contributed by atoms with Gasteiger partial charge in [-0.05, 0) is 17.7 Å². The number of pyridine rings is 1. The van der Waals surface area contributed by atoms with Crippen LogP contribution in [0.25, 0.3) is 0 Å². The first-order chi connectivity index (χ1) is 11.5. The summed E-state index contributed by atoms with van der Waals surface area (Å²) < 4.78 is 76.6. The fourth-order valence-corrected chi connectivity index (χ4v) is 2.71. The molecule has 0 fully saturated rings. The van der Waals surface area contributed by atoms with Crippen LogP contribution in [0.15, 0.2) is 30.7 Å². The van der Waals surface area contributed by atoms with Crippen LogP contribution >= 0.6 is 11.3 Å². The minimum atomic E-state index is -6.03. The highest BCUT2D eigenvalue weighted by Gasteiger charge is 2.72. The summed E-state index contributed by atoms with van der Waals surface area (Å²) >= 11 is -0.189. The van der Waals surface area contributed by atoms with E-state index in [9.17, 15) is 36.2 Å². The Morgan fingerprint density at radius 2 is 1.68 bits per heavy atom. The van der Waals surface area contributed by atoms with Gasteiger partial charge in [-0.2, -0.15) is 26.3 Å². The minimum Gasteiger partial charge on any atom is -0.369 e. The summed E-state index contributed by atoms with van der Waals surface area (Å²) in [4.78, 5) is 17.3. The standard InChI is InChI=1S/C13H9F6N3O2S/c14-12(15,16)11(24,13(17,18)19)8-6-22-10(25-8)9(23)21-5-7-1-3-20-4-2-7/h1-4,6,24H,5H2,(H,21,23). The van der Waals surface area contributed by atoms with Crippen LogP contribution in [-0.2, 0) is 12.1 Å². The van der Waals surface area contributed by atoms with Gasteiger partial charge in [0.25, 0.3) is 11.5 Å². The monoisotopic (exact) mass is 385 g/mol. The Morgan fingerprint density at radius 1 is 1.12 bits per heavy atom. The molecule has 0 saturated carbocycles. The van der Waals surface area contributed by atoms with E-state index in [4.69, 9.17) is 0 Å². The number of carbonyl (C=O) groups excluding carboxylic acids is 1. The zero-order valence-electron chi connectivity index (χ0n) is 12.0. The van der Waals surface area contributed by atoms with E-state index >= 15 is 0 Å². The number of halogens is 6. The van der Waals surface area contributed by atoms with E-state index in [0.29, 0.717) is 5.56 Å². The second-order valence-corrected chi connectivity index (χ2v) is 5.80. The molecule has 25 heavy (non-hydrogen) atoms. The van der Waals surface area contributed by atoms with Gasteiger partial charge in [-0.1, -0.05) is 0 Å². The maximum Gasteiger partial charge on any atom is 0.431 e. The zero-order valence-corrected chi connectivity index (χ0v) is 12.8. The van der Waals surface area contributed by atoms with E-state index in [2.05, 4.69) is 15.3 Å². The SMILES string of the molecule is O=C(NCc1ccncc1)c1ncc(C(O)(C(F)(F)F)C(F)(F)F)s1. The largest absolute Gasteiger partial charge is 0.431 e. The van der Waals surface area contributed by atoms with Crippen LogP contribution < -0.4 is 5.32 Å². The van der Waals surface area contributed by atoms with Gasteiger partial charge < -0.3 is 10.4 Å². The van der Waals surface area contributed by atoms with Crippen molar-refractivity contribution >= 4 is 17.2 Å². The van der Waals surface area contributed by atoms with Crippen LogP contribution in [0, 0.1) is 0 Å². The van der Waals surface area contributed by atoms with Crippen LogP contribution in [0.4, 0.5) is 26.3 Å². The maximum absolute atomic E-state index is 12.8. The van der Waals surface area contributed by atoms with Gasteiger partial charge in [0.05, 0.1) is 4.88 Å². The molecule has 0 unspecified atom stereocenters. The van der Waals surface area contributed by atoms with Crippen LogP contribution in [0.5, 0.6) is 0 Å². The van der Waals surface area contributed by atoms with Crippen molar-refractivity contribution in [1.29, 1.82) is 0 Å². The number of aromatic nitrogens is 2. The number of hydrogen-bond donors (Lipinski definition) is 2. The number of thiazole rings is 1. The van der Waals surface area contributed by atoms with Gasteiger partial charge in [-0.25, -0.2) is 4.98 Å². The molecule has 2 aromatic heterocycles. The van der Waals surface area contributed by atoms with E-state index in [1.165, 1.54) is 12.4 Å². The molecule has 0 aliphatic carbocycles. The molecule has 0 radical (unpaired) electrons. The summed E-state index contributed by atoms with van der Waals surface area (Å²) in [6, 6.07) is 3.11. The van der Waals surface area contributed by atoms with E-state index in [0.717, 1.165) is 0 Å². The lowest BCUT2D eigenvalue weighted by Gasteiger charge is -2.30. The lowest BCUT2D eigenvalue weighted by atomic mass is 10.0. The normalized spacial score (nSPS) is 12.9. The van der Waals surface area contributed by atoms with Gasteiger partial charge in [0.2, 0.25) is 0 Å². The van der Waals surface area contributed by atoms with Crippen molar-refractivity contribution in [2.24, 2.45) is 0 Å². The van der Waals surface area contributed by atoms with Gasteiger partial charge in [0.15, 0.2) is 5.01 Å². The van der Waals surface area contributed by atoms with Gasteiger partial charge >= 0.3 is 12.4 Å². The summed E-state index contributed by atoms with van der Waals surface area (Å²) in [6.07, 6.45) is -8.98. The Labute approximate surface area is 140 Å². The fraction of sp³-hybridized carbons (Fsp3) is 0.308. The Morgan fingerprint density at radius 3 is 2.20 bits per heavy atom. The Bertz CT molecular complexity index is 730. The summed E-state index contributed by atoms with van der Waals surface area (Å²) in [7, 11) is 0. The number of hydrogen-bond acceptors (Lipinski definition) is 5. The second-order valence-electron chi connectivity index (χ2n) is 4.77. The highest BCUT2D eigenvalue weighted by Crippen LogP contribution is 2.51. The van der Waals surface area contributed by atoms with E-state index in [1.807, 2.05) is 0 Å². The summed E-state index contributed by atoms with van der Waals surface area (Å²) in [5, 5.41) is 10.9. The molecule has 2 heterocycles. The lowest BCUT2D eigenvalue weighted by molar-refractivity contribution is -0.375. The molecule has 2 aromatic rings. The Hall–Kier alpha value is -2.21. The fourth-order valence-electron chi connectivity index (χ4n) is 1.75. The molecule has 5 nitrogen and oxygen atoms in total. The first-order valence-corrected chi connectivity index (χ1v) is 7.27. The maximum atomic E-state index is 12.8. The molecule has 0 saturated heterocycles. The third-order valence-electron chi connectivity index (χ3n) is 3.08. The van der Waals surface area contributed by atoms with Crippen molar-refractivity contribution in [3.8, 4) is 0 Å². The molecule has 0 aromatic carbocycles. The highest BCUT2D eigenvalue weighted by atomic mass is 32.1. The van der Waals surface area contributed by atoms with Gasteiger partial charge in [0, 0.05) is 25.1 Å². The molecule has 1 amide bonds. The molecule has 0 aliphatic heterocycles. The van der Waals surface area contributed by atoms with Gasteiger partial charge in [-0.3, -0.25) is 9.78 Å². The molecular weight excluding hydrogens is 376 g/mol. The van der Waals surface area contributed by atoms with E-state index in [-0.39, 0.29) is 24.1 Å². The van der Waals surface area contributed by atoms with E-state index < -0.39 is 33.7 Å². The number of carbonyl (C=O) groups is 1. The van der Waals surface area contributed by atoms with Crippen LogP contribution in [0.1, 0.15) is 20.2 Å². The molecule has 2 rings (SSSR count). The average Bonchev–Trinajstić information content (AvgIpc) is 3.00. The third-order valence-corrected chi connectivity index (χ3v) is 4.18. The summed E-state index contributed by atoms with van der Waals surface area (Å²) in [5.41, 5.74) is -4.48. The molecule has 12 heteroatoms. The first kappa shape index (κ1) is 19.1. The topological polar surface area (TPSA) is 75.1 Å². The Balaban J connectivity index is 2.22. The Kier molecular flexibility index (Phi) is 5.04. The van der Waals surface area contributed by atoms with Gasteiger partial charge in [0.1, 0.15) is 0 Å². The number of amides is 1. The number of nitrogens with one attached hydrogen (secondary N) is 1. The quantitative estimate of drug-likeness (QED) is 0.794. The molecule has 0 aliphatic rings. The molecular formula is C13H9F6N3O2S. The van der Waals surface area contributed by atoms with Crippen molar-refractivity contribution in [2.75, 3.05) is 0 Å². The smallest absolute Gasteiger partial charge is 0.369 e. The summed E-state index contributed by atoms with van der Waals surface area (Å²) in [6.45, 7) is -0.0287. The number of nitrogens with zero attached hydrogens (tertiary/aromatic N) is 2. The highest BCUT2D eigenvalue weighted by molar-refractivity contribution is 7.13. The van der Waals surface area contributed by atoms with Crippen molar-refractivity contribution in [2.45, 2.75) is 24.5 Å². The molecule has 2 N–H and O–H groups in total. The number of alkyl halides is 6. The molecule has 136 valence electrons. The minimum absolute atomic E-state index is 0.0287. The predicted molar refractivity (Wildman–Crippen MR) is 73.5 cm³/mol. The van der Waals surface area contributed by atoms with Crippen molar-refractivity contribution in [3.63, 3.8) is 0 Å². The van der Waals surface area contributed by atoms with Crippen molar-refractivity contribution in [1.82, 2.24) is 15.3 Å². The summed E-state index contributed by atoms with van der Waals surface area (Å²) in [5.74, 6) is -0.972. The average molecular weight is 385 g/mol. The molecule has 0 bridgehead atoms.